The van der Waals surface area contributed by atoms with Crippen molar-refractivity contribution in [1.82, 2.24) is 10.6 Å². The molecule has 1 saturated heterocycles. The standard InChI is InChI=1S/C15H20N2O3/c18-14(11-12-5-2-1-3-6-12)16-8-9-17-15(19)13-7-4-10-20-13/h1-3,5-6,13H,4,7-11H2,(H,16,18)(H,17,19). The fourth-order valence-corrected chi connectivity index (χ4v) is 2.13. The van der Waals surface area contributed by atoms with Crippen LogP contribution in [0.4, 0.5) is 0 Å². The van der Waals surface area contributed by atoms with E-state index in [9.17, 15) is 9.59 Å². The number of nitrogens with one attached hydrogen (secondary N) is 2. The zero-order valence-corrected chi connectivity index (χ0v) is 11.4. The molecule has 0 aromatic heterocycles. The van der Waals surface area contributed by atoms with Crippen LogP contribution in [0.15, 0.2) is 30.3 Å². The van der Waals surface area contributed by atoms with E-state index in [-0.39, 0.29) is 17.9 Å². The van der Waals surface area contributed by atoms with Gasteiger partial charge in [0.15, 0.2) is 0 Å². The van der Waals surface area contributed by atoms with Crippen molar-refractivity contribution in [1.29, 1.82) is 0 Å². The number of ether oxygens (including phenoxy) is 1. The molecule has 1 unspecified atom stereocenters. The minimum absolute atomic E-state index is 0.0393. The minimum atomic E-state index is -0.310. The minimum Gasteiger partial charge on any atom is -0.368 e. The van der Waals surface area contributed by atoms with E-state index >= 15 is 0 Å². The Morgan fingerprint density at radius 2 is 1.90 bits per heavy atom. The Balaban J connectivity index is 1.58. The molecule has 1 atom stereocenters. The molecule has 5 heteroatoms. The Bertz CT molecular complexity index is 442. The lowest BCUT2D eigenvalue weighted by molar-refractivity contribution is -0.130. The largest absolute Gasteiger partial charge is 0.368 e. The molecule has 1 aliphatic heterocycles. The zero-order chi connectivity index (χ0) is 14.2. The third kappa shape index (κ3) is 4.66. The number of hydrogen-bond donors (Lipinski definition) is 2. The first-order chi connectivity index (χ1) is 9.75. The summed E-state index contributed by atoms with van der Waals surface area (Å²) in [5, 5.41) is 5.55. The highest BCUT2D eigenvalue weighted by atomic mass is 16.5. The first-order valence-electron chi connectivity index (χ1n) is 6.95. The van der Waals surface area contributed by atoms with Crippen molar-refractivity contribution in [3.05, 3.63) is 35.9 Å². The number of carbonyl (C=O) groups excluding carboxylic acids is 2. The molecular formula is C15H20N2O3. The summed E-state index contributed by atoms with van der Waals surface area (Å²) < 4.78 is 5.27. The first-order valence-corrected chi connectivity index (χ1v) is 6.95. The van der Waals surface area contributed by atoms with Crippen LogP contribution < -0.4 is 10.6 Å². The normalized spacial score (nSPS) is 17.7. The molecule has 2 amide bonds. The molecule has 1 aromatic carbocycles. The van der Waals surface area contributed by atoms with Crippen molar-refractivity contribution in [3.8, 4) is 0 Å². The van der Waals surface area contributed by atoms with Crippen LogP contribution in [0.2, 0.25) is 0 Å². The van der Waals surface area contributed by atoms with Crippen molar-refractivity contribution in [2.75, 3.05) is 19.7 Å². The molecule has 2 rings (SSSR count). The molecule has 0 radical (unpaired) electrons. The van der Waals surface area contributed by atoms with Gasteiger partial charge >= 0.3 is 0 Å². The van der Waals surface area contributed by atoms with Crippen LogP contribution in [-0.4, -0.2) is 37.6 Å². The van der Waals surface area contributed by atoms with E-state index in [1.165, 1.54) is 0 Å². The van der Waals surface area contributed by atoms with Gasteiger partial charge in [-0.05, 0) is 18.4 Å². The van der Waals surface area contributed by atoms with Gasteiger partial charge in [0.25, 0.3) is 0 Å². The van der Waals surface area contributed by atoms with E-state index < -0.39 is 0 Å². The fraction of sp³-hybridized carbons (Fsp3) is 0.467. The van der Waals surface area contributed by atoms with Crippen LogP contribution in [0.25, 0.3) is 0 Å². The Labute approximate surface area is 118 Å². The van der Waals surface area contributed by atoms with Gasteiger partial charge in [0.1, 0.15) is 6.10 Å². The van der Waals surface area contributed by atoms with Crippen LogP contribution in [0.3, 0.4) is 0 Å². The summed E-state index contributed by atoms with van der Waals surface area (Å²) in [4.78, 5) is 23.3. The average molecular weight is 276 g/mol. The van der Waals surface area contributed by atoms with Gasteiger partial charge in [0, 0.05) is 19.7 Å². The smallest absolute Gasteiger partial charge is 0.249 e. The summed E-state index contributed by atoms with van der Waals surface area (Å²) in [5.41, 5.74) is 0.980. The van der Waals surface area contributed by atoms with Crippen molar-refractivity contribution in [2.45, 2.75) is 25.4 Å². The molecule has 1 fully saturated rings. The predicted molar refractivity (Wildman–Crippen MR) is 75.1 cm³/mol. The Hall–Kier alpha value is -1.88. The van der Waals surface area contributed by atoms with Gasteiger partial charge in [-0.15, -0.1) is 0 Å². The lowest BCUT2D eigenvalue weighted by atomic mass is 10.1. The highest BCUT2D eigenvalue weighted by Crippen LogP contribution is 2.11. The van der Waals surface area contributed by atoms with Crippen LogP contribution >= 0.6 is 0 Å². The lowest BCUT2D eigenvalue weighted by Gasteiger charge is -2.10. The van der Waals surface area contributed by atoms with E-state index in [1.54, 1.807) is 0 Å². The lowest BCUT2D eigenvalue weighted by Crippen LogP contribution is -2.39. The summed E-state index contributed by atoms with van der Waals surface area (Å²) in [5.74, 6) is -0.123. The maximum atomic E-state index is 11.7. The Morgan fingerprint density at radius 1 is 1.15 bits per heavy atom. The molecule has 0 aliphatic carbocycles. The van der Waals surface area contributed by atoms with Gasteiger partial charge in [0.05, 0.1) is 6.42 Å². The van der Waals surface area contributed by atoms with Gasteiger partial charge in [-0.3, -0.25) is 9.59 Å². The third-order valence-corrected chi connectivity index (χ3v) is 3.18. The molecule has 0 spiro atoms. The number of hydrogen-bond acceptors (Lipinski definition) is 3. The SMILES string of the molecule is O=C(Cc1ccccc1)NCCNC(=O)C1CCCO1. The highest BCUT2D eigenvalue weighted by molar-refractivity contribution is 5.81. The van der Waals surface area contributed by atoms with Gasteiger partial charge in [-0.25, -0.2) is 0 Å². The van der Waals surface area contributed by atoms with Crippen molar-refractivity contribution in [3.63, 3.8) is 0 Å². The Morgan fingerprint density at radius 3 is 2.60 bits per heavy atom. The van der Waals surface area contributed by atoms with Crippen LogP contribution in [0.5, 0.6) is 0 Å². The molecule has 1 aliphatic rings. The molecule has 108 valence electrons. The number of carbonyl (C=O) groups is 2. The van der Waals surface area contributed by atoms with E-state index in [1.807, 2.05) is 30.3 Å². The summed E-state index contributed by atoms with van der Waals surface area (Å²) in [6.07, 6.45) is 1.77. The molecule has 0 bridgehead atoms. The maximum absolute atomic E-state index is 11.7. The highest BCUT2D eigenvalue weighted by Gasteiger charge is 2.22. The fourth-order valence-electron chi connectivity index (χ4n) is 2.13. The summed E-state index contributed by atoms with van der Waals surface area (Å²) in [7, 11) is 0. The number of benzene rings is 1. The maximum Gasteiger partial charge on any atom is 0.249 e. The van der Waals surface area contributed by atoms with Crippen molar-refractivity contribution in [2.24, 2.45) is 0 Å². The second-order valence-corrected chi connectivity index (χ2v) is 4.81. The molecular weight excluding hydrogens is 256 g/mol. The van der Waals surface area contributed by atoms with Gasteiger partial charge in [0.2, 0.25) is 11.8 Å². The monoisotopic (exact) mass is 276 g/mol. The average Bonchev–Trinajstić information content (AvgIpc) is 2.99. The quantitative estimate of drug-likeness (QED) is 0.749. The van der Waals surface area contributed by atoms with Crippen molar-refractivity contribution < 1.29 is 14.3 Å². The molecule has 20 heavy (non-hydrogen) atoms. The van der Waals surface area contributed by atoms with Crippen molar-refractivity contribution >= 4 is 11.8 Å². The predicted octanol–water partition coefficient (Wildman–Crippen LogP) is 0.640. The second-order valence-electron chi connectivity index (χ2n) is 4.81. The molecule has 5 nitrogen and oxygen atoms in total. The second kappa shape index (κ2) is 7.65. The summed E-state index contributed by atoms with van der Waals surface area (Å²) in [6.45, 7) is 1.52. The van der Waals surface area contributed by atoms with Crippen LogP contribution in [-0.2, 0) is 20.7 Å². The van der Waals surface area contributed by atoms with E-state index in [4.69, 9.17) is 4.74 Å². The number of rotatable bonds is 6. The van der Waals surface area contributed by atoms with Crippen LogP contribution in [0.1, 0.15) is 18.4 Å². The zero-order valence-electron chi connectivity index (χ0n) is 11.4. The van der Waals surface area contributed by atoms with E-state index in [2.05, 4.69) is 10.6 Å². The molecule has 2 N–H and O–H groups in total. The first kappa shape index (κ1) is 14.5. The molecule has 0 saturated carbocycles. The summed E-state index contributed by atoms with van der Waals surface area (Å²) >= 11 is 0. The molecule has 1 aromatic rings. The summed E-state index contributed by atoms with van der Waals surface area (Å²) in [6, 6.07) is 9.56. The Kier molecular flexibility index (Phi) is 5.55. The van der Waals surface area contributed by atoms with E-state index in [0.717, 1.165) is 18.4 Å². The van der Waals surface area contributed by atoms with E-state index in [0.29, 0.717) is 26.1 Å². The third-order valence-electron chi connectivity index (χ3n) is 3.18. The molecule has 1 heterocycles. The van der Waals surface area contributed by atoms with Gasteiger partial charge < -0.3 is 15.4 Å². The number of amides is 2. The van der Waals surface area contributed by atoms with Gasteiger partial charge in [-0.1, -0.05) is 30.3 Å². The van der Waals surface area contributed by atoms with Crippen LogP contribution in [0, 0.1) is 0 Å². The van der Waals surface area contributed by atoms with Gasteiger partial charge in [-0.2, -0.15) is 0 Å². The topological polar surface area (TPSA) is 67.4 Å².